The van der Waals surface area contributed by atoms with Gasteiger partial charge in [-0.1, -0.05) is 11.6 Å². The van der Waals surface area contributed by atoms with E-state index in [9.17, 15) is 40.7 Å². The number of aryl methyl sites for hydroxylation is 1. The third kappa shape index (κ3) is 8.41. The van der Waals surface area contributed by atoms with Crippen LogP contribution in [0.4, 0.5) is 32.0 Å². The van der Waals surface area contributed by atoms with Crippen molar-refractivity contribution in [2.75, 3.05) is 44.6 Å². The first kappa shape index (κ1) is 37.0. The van der Waals surface area contributed by atoms with Gasteiger partial charge in [-0.25, -0.2) is 4.98 Å². The highest BCUT2D eigenvalue weighted by Crippen LogP contribution is 2.36. The van der Waals surface area contributed by atoms with Crippen LogP contribution in [0.25, 0.3) is 11.3 Å². The van der Waals surface area contributed by atoms with Crippen LogP contribution >= 0.6 is 24.0 Å². The van der Waals surface area contributed by atoms with E-state index in [0.717, 1.165) is 42.9 Å². The van der Waals surface area contributed by atoms with E-state index in [1.807, 2.05) is 0 Å². The molecule has 48 heavy (non-hydrogen) atoms. The number of hydrogen-bond acceptors (Lipinski definition) is 6. The molecule has 0 bridgehead atoms. The topological polar surface area (TPSA) is 117 Å². The Kier molecular flexibility index (Phi) is 11.4. The van der Waals surface area contributed by atoms with E-state index in [0.29, 0.717) is 30.9 Å². The van der Waals surface area contributed by atoms with Crippen molar-refractivity contribution in [3.63, 3.8) is 0 Å². The maximum absolute atomic E-state index is 13.7. The number of hydrogen-bond donors (Lipinski definition) is 2. The van der Waals surface area contributed by atoms with E-state index in [1.54, 1.807) is 9.80 Å². The quantitative estimate of drug-likeness (QED) is 0.336. The molecular weight excluding hydrogens is 693 g/mol. The van der Waals surface area contributed by atoms with E-state index < -0.39 is 42.5 Å². The summed E-state index contributed by atoms with van der Waals surface area (Å²) in [6.07, 6.45) is -7.57. The number of rotatable bonds is 7. The Balaban J connectivity index is 0.00000520. The van der Waals surface area contributed by atoms with Gasteiger partial charge in [-0.05, 0) is 44.1 Å². The number of benzene rings is 1. The van der Waals surface area contributed by atoms with Crippen molar-refractivity contribution in [3.8, 4) is 11.3 Å². The Morgan fingerprint density at radius 1 is 1.02 bits per heavy atom. The molecule has 0 saturated carbocycles. The van der Waals surface area contributed by atoms with E-state index in [2.05, 4.69) is 20.7 Å². The zero-order valence-electron chi connectivity index (χ0n) is 25.5. The highest BCUT2D eigenvalue weighted by Gasteiger charge is 2.39. The highest BCUT2D eigenvalue weighted by molar-refractivity contribution is 6.34. The summed E-state index contributed by atoms with van der Waals surface area (Å²) in [5, 5.41) is 9.12. The predicted molar refractivity (Wildman–Crippen MR) is 165 cm³/mol. The molecule has 11 nitrogen and oxygen atoms in total. The molecule has 2 aliphatic rings. The molecule has 2 fully saturated rings. The lowest BCUT2D eigenvalue weighted by Crippen LogP contribution is -2.52. The number of alkyl halides is 6. The Hall–Kier alpha value is -3.83. The van der Waals surface area contributed by atoms with Crippen molar-refractivity contribution in [1.29, 1.82) is 0 Å². The third-order valence-electron chi connectivity index (χ3n) is 8.15. The Bertz CT molecular complexity index is 1640. The number of carbonyl (C=O) groups is 3. The van der Waals surface area contributed by atoms with Crippen LogP contribution in [0.5, 0.6) is 0 Å². The van der Waals surface area contributed by atoms with Gasteiger partial charge in [-0.2, -0.15) is 31.4 Å². The first-order chi connectivity index (χ1) is 22.1. The number of anilines is 1. The molecule has 2 saturated heterocycles. The third-order valence-corrected chi connectivity index (χ3v) is 8.46. The Labute approximate surface area is 282 Å². The van der Waals surface area contributed by atoms with E-state index in [1.165, 1.54) is 25.2 Å². The van der Waals surface area contributed by atoms with Gasteiger partial charge in [0.15, 0.2) is 11.5 Å². The first-order valence-electron chi connectivity index (χ1n) is 14.8. The van der Waals surface area contributed by atoms with Crippen molar-refractivity contribution in [2.45, 2.75) is 38.2 Å². The number of nitrogens with zero attached hydrogens (tertiary/aromatic N) is 6. The van der Waals surface area contributed by atoms with Gasteiger partial charge in [-0.15, -0.1) is 12.4 Å². The Morgan fingerprint density at radius 2 is 1.67 bits per heavy atom. The number of imidazole rings is 1. The summed E-state index contributed by atoms with van der Waals surface area (Å²) in [5.74, 6) is -1.37. The van der Waals surface area contributed by atoms with Crippen LogP contribution in [-0.2, 0) is 24.6 Å². The van der Waals surface area contributed by atoms with Gasteiger partial charge in [0, 0.05) is 57.6 Å². The predicted octanol–water partition coefficient (Wildman–Crippen LogP) is 4.87. The smallest absolute Gasteiger partial charge is 0.339 e. The zero-order chi connectivity index (χ0) is 34.1. The minimum atomic E-state index is -4.99. The molecule has 0 atom stereocenters. The van der Waals surface area contributed by atoms with E-state index >= 15 is 0 Å². The molecule has 1 aromatic carbocycles. The van der Waals surface area contributed by atoms with E-state index in [-0.39, 0.29) is 57.9 Å². The maximum Gasteiger partial charge on any atom is 0.435 e. The fraction of sp³-hybridized carbons (Fsp3) is 0.483. The second kappa shape index (κ2) is 14.7. The molecule has 3 amide bonds. The molecule has 0 spiro atoms. The van der Waals surface area contributed by atoms with Gasteiger partial charge < -0.3 is 25.0 Å². The summed E-state index contributed by atoms with van der Waals surface area (Å²) < 4.78 is 80.7. The maximum atomic E-state index is 13.7. The van der Waals surface area contributed by atoms with Gasteiger partial charge in [0.05, 0.1) is 34.5 Å². The number of piperidine rings is 1. The van der Waals surface area contributed by atoms with Crippen molar-refractivity contribution in [2.24, 2.45) is 13.0 Å². The van der Waals surface area contributed by atoms with Crippen molar-refractivity contribution in [3.05, 3.63) is 52.7 Å². The minimum Gasteiger partial charge on any atom is -0.339 e. The number of piperazine rings is 1. The second-order valence-electron chi connectivity index (χ2n) is 11.3. The van der Waals surface area contributed by atoms with Gasteiger partial charge in [-0.3, -0.25) is 19.1 Å². The fourth-order valence-corrected chi connectivity index (χ4v) is 5.89. The van der Waals surface area contributed by atoms with Crippen molar-refractivity contribution < 1.29 is 40.7 Å². The molecule has 262 valence electrons. The normalized spacial score (nSPS) is 16.1. The molecule has 2 N–H and O–H groups in total. The fourth-order valence-electron chi connectivity index (χ4n) is 5.63. The van der Waals surface area contributed by atoms with Gasteiger partial charge in [0.25, 0.3) is 11.8 Å². The lowest BCUT2D eigenvalue weighted by molar-refractivity contribution is -0.142. The first-order valence-corrected chi connectivity index (χ1v) is 15.1. The number of amides is 3. The largest absolute Gasteiger partial charge is 0.435 e. The molecule has 3 aromatic rings. The molecule has 19 heteroatoms. The van der Waals surface area contributed by atoms with Crippen LogP contribution in [0.2, 0.25) is 5.02 Å². The van der Waals surface area contributed by atoms with Crippen LogP contribution in [0.1, 0.15) is 45.9 Å². The highest BCUT2D eigenvalue weighted by atomic mass is 35.5. The number of halogens is 8. The number of nitrogens with one attached hydrogen (secondary N) is 2. The molecule has 0 unspecified atom stereocenters. The summed E-state index contributed by atoms with van der Waals surface area (Å²) in [6, 6.07) is 4.21. The van der Waals surface area contributed by atoms with Gasteiger partial charge in [0.1, 0.15) is 0 Å². The minimum absolute atomic E-state index is 0. The summed E-state index contributed by atoms with van der Waals surface area (Å²) >= 11 is 6.41. The standard InChI is InChI=1S/C29H31ClF6N8O3.ClH/c1-41-22(20-16-44(9-6-28(31,32)33)40-23(20)29(34,35)36)15-38-24(41)25(45)39-18-2-3-19(21(30)14-18)27(47)43-12-10-42(11-13-43)26(46)17-4-7-37-8-5-17;/h2-3,14-17,37H,4-13H2,1H3,(H,39,45);1H. The van der Waals surface area contributed by atoms with Crippen molar-refractivity contribution in [1.82, 2.24) is 34.4 Å². The van der Waals surface area contributed by atoms with Crippen LogP contribution in [0, 0.1) is 5.92 Å². The molecule has 0 radical (unpaired) electrons. The number of aromatic nitrogens is 4. The van der Waals surface area contributed by atoms with Crippen LogP contribution < -0.4 is 10.6 Å². The summed E-state index contributed by atoms with van der Waals surface area (Å²) in [6.45, 7) is 2.27. The molecule has 5 rings (SSSR count). The Morgan fingerprint density at radius 3 is 2.27 bits per heavy atom. The van der Waals surface area contributed by atoms with Gasteiger partial charge in [0.2, 0.25) is 5.91 Å². The number of carbonyl (C=O) groups excluding carboxylic acids is 3. The molecule has 4 heterocycles. The molecule has 2 aromatic heterocycles. The SMILES string of the molecule is Cl.Cn1c(-c2cn(CCC(F)(F)F)nc2C(F)(F)F)cnc1C(=O)Nc1ccc(C(=O)N2CCN(C(=O)C3CCNCC3)CC2)c(Cl)c1. The van der Waals surface area contributed by atoms with Crippen LogP contribution in [0.3, 0.4) is 0 Å². The average molecular weight is 726 g/mol. The zero-order valence-corrected chi connectivity index (χ0v) is 27.1. The van der Waals surface area contributed by atoms with Crippen LogP contribution in [0.15, 0.2) is 30.6 Å². The molecule has 2 aliphatic heterocycles. The lowest BCUT2D eigenvalue weighted by Gasteiger charge is -2.37. The monoisotopic (exact) mass is 724 g/mol. The van der Waals surface area contributed by atoms with Crippen molar-refractivity contribution >= 4 is 47.4 Å². The average Bonchev–Trinajstić information content (AvgIpc) is 3.63. The summed E-state index contributed by atoms with van der Waals surface area (Å²) in [5.41, 5.74) is -1.80. The summed E-state index contributed by atoms with van der Waals surface area (Å²) in [7, 11) is 1.28. The lowest BCUT2D eigenvalue weighted by atomic mass is 9.96. The molecular formula is C29H32Cl2F6N8O3. The van der Waals surface area contributed by atoms with Gasteiger partial charge >= 0.3 is 12.4 Å². The second-order valence-corrected chi connectivity index (χ2v) is 11.7. The van der Waals surface area contributed by atoms with E-state index in [4.69, 9.17) is 11.6 Å². The van der Waals surface area contributed by atoms with Crippen LogP contribution in [-0.4, -0.2) is 92.3 Å². The molecule has 0 aliphatic carbocycles. The summed E-state index contributed by atoms with van der Waals surface area (Å²) in [4.78, 5) is 46.4.